The van der Waals surface area contributed by atoms with E-state index in [0.717, 1.165) is 0 Å². The predicted molar refractivity (Wildman–Crippen MR) is 101 cm³/mol. The highest BCUT2D eigenvalue weighted by Crippen LogP contribution is 2.14. The van der Waals surface area contributed by atoms with Crippen molar-refractivity contribution in [1.82, 2.24) is 0 Å². The monoisotopic (exact) mass is 303 g/mol. The quantitative estimate of drug-likeness (QED) is 0.341. The highest BCUT2D eigenvalue weighted by molar-refractivity contribution is 5.44. The molecule has 0 bridgehead atoms. The first-order valence-electron chi connectivity index (χ1n) is 9.60. The molecule has 0 saturated heterocycles. The molecule has 1 aromatic rings. The Bertz CT molecular complexity index is 333. The predicted octanol–water partition coefficient (Wildman–Crippen LogP) is 6.82. The molecule has 0 unspecified atom stereocenters. The molecule has 1 nitrogen and oxygen atoms in total. The zero-order valence-corrected chi connectivity index (χ0v) is 15.0. The second-order valence-electron chi connectivity index (χ2n) is 6.65. The molecule has 1 rings (SSSR count). The van der Waals surface area contributed by atoms with Crippen LogP contribution in [0.25, 0.3) is 0 Å². The van der Waals surface area contributed by atoms with Crippen molar-refractivity contribution in [3.05, 3.63) is 30.3 Å². The van der Waals surface area contributed by atoms with Crippen LogP contribution in [0.3, 0.4) is 0 Å². The summed E-state index contributed by atoms with van der Waals surface area (Å²) in [5.74, 6) is 0. The fourth-order valence-electron chi connectivity index (χ4n) is 3.00. The van der Waals surface area contributed by atoms with Gasteiger partial charge in [-0.15, -0.1) is 0 Å². The van der Waals surface area contributed by atoms with E-state index in [0.29, 0.717) is 0 Å². The average Bonchev–Trinajstić information content (AvgIpc) is 2.56. The highest BCUT2D eigenvalue weighted by atomic mass is 15.1. The number of anilines is 1. The summed E-state index contributed by atoms with van der Waals surface area (Å²) in [6, 6.07) is 10.7. The van der Waals surface area contributed by atoms with E-state index in [1.165, 1.54) is 89.3 Å². The number of benzene rings is 1. The van der Waals surface area contributed by atoms with Gasteiger partial charge in [-0.1, -0.05) is 95.8 Å². The van der Waals surface area contributed by atoms with Crippen molar-refractivity contribution in [3.63, 3.8) is 0 Å². The summed E-state index contributed by atoms with van der Waals surface area (Å²) in [5, 5.41) is 0. The molecule has 0 spiro atoms. The van der Waals surface area contributed by atoms with E-state index in [1.54, 1.807) is 0 Å². The Labute approximate surface area is 139 Å². The minimum absolute atomic E-state index is 1.18. The third-order valence-electron chi connectivity index (χ3n) is 4.54. The summed E-state index contributed by atoms with van der Waals surface area (Å²) < 4.78 is 0. The van der Waals surface area contributed by atoms with E-state index in [2.05, 4.69) is 49.2 Å². The number of hydrogen-bond acceptors (Lipinski definition) is 1. The van der Waals surface area contributed by atoms with Gasteiger partial charge >= 0.3 is 0 Å². The lowest BCUT2D eigenvalue weighted by Crippen LogP contribution is -2.18. The Morgan fingerprint density at radius 2 is 1.09 bits per heavy atom. The Kier molecular flexibility index (Phi) is 11.8. The summed E-state index contributed by atoms with van der Waals surface area (Å²) in [6.07, 6.45) is 17.1. The molecule has 0 aliphatic heterocycles. The summed E-state index contributed by atoms with van der Waals surface area (Å²) in [4.78, 5) is 2.37. The Balaban J connectivity index is 1.84. The normalized spacial score (nSPS) is 10.8. The Morgan fingerprint density at radius 3 is 1.59 bits per heavy atom. The van der Waals surface area contributed by atoms with Gasteiger partial charge in [-0.2, -0.15) is 0 Å². The van der Waals surface area contributed by atoms with Crippen molar-refractivity contribution in [2.75, 3.05) is 18.5 Å². The number of nitrogens with zero attached hydrogens (tertiary/aromatic N) is 1. The number of rotatable bonds is 14. The van der Waals surface area contributed by atoms with Crippen molar-refractivity contribution in [3.8, 4) is 0 Å². The van der Waals surface area contributed by atoms with Crippen molar-refractivity contribution in [1.29, 1.82) is 0 Å². The largest absolute Gasteiger partial charge is 0.375 e. The lowest BCUT2D eigenvalue weighted by molar-refractivity contribution is 0.544. The van der Waals surface area contributed by atoms with Gasteiger partial charge in [-0.05, 0) is 18.6 Å². The van der Waals surface area contributed by atoms with Crippen LogP contribution < -0.4 is 4.90 Å². The van der Waals surface area contributed by atoms with Gasteiger partial charge in [0.25, 0.3) is 0 Å². The fraction of sp³-hybridized carbons (Fsp3) is 0.714. The second kappa shape index (κ2) is 13.7. The lowest BCUT2D eigenvalue weighted by atomic mass is 10.1. The van der Waals surface area contributed by atoms with Crippen LogP contribution in [0, 0.1) is 0 Å². The first-order chi connectivity index (χ1) is 10.8. The van der Waals surface area contributed by atoms with Crippen LogP contribution in [-0.4, -0.2) is 13.6 Å². The smallest absolute Gasteiger partial charge is 0.0363 e. The van der Waals surface area contributed by atoms with E-state index in [1.807, 2.05) is 0 Å². The van der Waals surface area contributed by atoms with Gasteiger partial charge in [0.2, 0.25) is 0 Å². The number of para-hydroxylation sites is 1. The van der Waals surface area contributed by atoms with Gasteiger partial charge in [0.15, 0.2) is 0 Å². The number of unbranched alkanes of at least 4 members (excludes halogenated alkanes) is 11. The van der Waals surface area contributed by atoms with Crippen molar-refractivity contribution >= 4 is 5.69 Å². The lowest BCUT2D eigenvalue weighted by Gasteiger charge is -2.18. The maximum Gasteiger partial charge on any atom is 0.0363 e. The SMILES string of the molecule is CCCCCCCCCCCCCCN(C)c1ccccc1. The van der Waals surface area contributed by atoms with Crippen LogP contribution in [0.2, 0.25) is 0 Å². The molecule has 0 atom stereocenters. The van der Waals surface area contributed by atoms with Crippen molar-refractivity contribution in [2.45, 2.75) is 84.0 Å². The van der Waals surface area contributed by atoms with E-state index >= 15 is 0 Å². The standard InChI is InChI=1S/C21H37N/c1-3-4-5-6-7-8-9-10-11-12-13-17-20-22(2)21-18-15-14-16-19-21/h14-16,18-19H,3-13,17,20H2,1-2H3. The summed E-state index contributed by atoms with van der Waals surface area (Å²) in [6.45, 7) is 3.47. The zero-order chi connectivity index (χ0) is 15.9. The molecular weight excluding hydrogens is 266 g/mol. The third kappa shape index (κ3) is 9.87. The van der Waals surface area contributed by atoms with E-state index in [4.69, 9.17) is 0 Å². The van der Waals surface area contributed by atoms with E-state index in [9.17, 15) is 0 Å². The molecule has 0 heterocycles. The molecule has 1 aromatic carbocycles. The van der Waals surface area contributed by atoms with E-state index in [-0.39, 0.29) is 0 Å². The summed E-state index contributed by atoms with van der Waals surface area (Å²) in [5.41, 5.74) is 1.34. The molecule has 0 amide bonds. The molecule has 0 aromatic heterocycles. The highest BCUT2D eigenvalue weighted by Gasteiger charge is 1.99. The Morgan fingerprint density at radius 1 is 0.636 bits per heavy atom. The minimum atomic E-state index is 1.18. The minimum Gasteiger partial charge on any atom is -0.375 e. The molecule has 0 N–H and O–H groups in total. The third-order valence-corrected chi connectivity index (χ3v) is 4.54. The second-order valence-corrected chi connectivity index (χ2v) is 6.65. The van der Waals surface area contributed by atoms with Crippen LogP contribution in [0.5, 0.6) is 0 Å². The van der Waals surface area contributed by atoms with Gasteiger partial charge in [-0.25, -0.2) is 0 Å². The molecule has 0 radical (unpaired) electrons. The summed E-state index contributed by atoms with van der Waals surface area (Å²) >= 11 is 0. The molecular formula is C21H37N. The molecule has 0 aliphatic rings. The van der Waals surface area contributed by atoms with Crippen LogP contribution in [0.1, 0.15) is 84.0 Å². The van der Waals surface area contributed by atoms with Gasteiger partial charge in [0.1, 0.15) is 0 Å². The van der Waals surface area contributed by atoms with Crippen molar-refractivity contribution in [2.24, 2.45) is 0 Å². The molecule has 0 saturated carbocycles. The van der Waals surface area contributed by atoms with Gasteiger partial charge < -0.3 is 4.90 Å². The first kappa shape index (κ1) is 19.1. The number of hydrogen-bond donors (Lipinski definition) is 0. The molecule has 126 valence electrons. The fourth-order valence-corrected chi connectivity index (χ4v) is 3.00. The molecule has 22 heavy (non-hydrogen) atoms. The maximum absolute atomic E-state index is 2.37. The van der Waals surface area contributed by atoms with Crippen LogP contribution in [-0.2, 0) is 0 Å². The molecule has 0 fully saturated rings. The molecule has 1 heteroatoms. The van der Waals surface area contributed by atoms with Gasteiger partial charge in [-0.3, -0.25) is 0 Å². The zero-order valence-electron chi connectivity index (χ0n) is 15.0. The summed E-state index contributed by atoms with van der Waals surface area (Å²) in [7, 11) is 2.20. The van der Waals surface area contributed by atoms with Crippen LogP contribution >= 0.6 is 0 Å². The van der Waals surface area contributed by atoms with Gasteiger partial charge in [0.05, 0.1) is 0 Å². The first-order valence-corrected chi connectivity index (χ1v) is 9.60. The molecule has 0 aliphatic carbocycles. The average molecular weight is 304 g/mol. The van der Waals surface area contributed by atoms with Gasteiger partial charge in [0, 0.05) is 19.3 Å². The van der Waals surface area contributed by atoms with E-state index < -0.39 is 0 Å². The Hall–Kier alpha value is -0.980. The van der Waals surface area contributed by atoms with Crippen LogP contribution in [0.4, 0.5) is 5.69 Å². The van der Waals surface area contributed by atoms with Crippen molar-refractivity contribution < 1.29 is 0 Å². The topological polar surface area (TPSA) is 3.24 Å². The van der Waals surface area contributed by atoms with Crippen LogP contribution in [0.15, 0.2) is 30.3 Å². The maximum atomic E-state index is 2.37.